The predicted octanol–water partition coefficient (Wildman–Crippen LogP) is 3.67. The van der Waals surface area contributed by atoms with Crippen molar-refractivity contribution < 1.29 is 9.53 Å². The third kappa shape index (κ3) is 4.49. The van der Waals surface area contributed by atoms with Gasteiger partial charge in [-0.1, -0.05) is 43.0 Å². The van der Waals surface area contributed by atoms with E-state index in [2.05, 4.69) is 16.5 Å². The third-order valence-corrected chi connectivity index (χ3v) is 5.03. The Hall–Kier alpha value is -3.67. The van der Waals surface area contributed by atoms with Crippen LogP contribution in [0.1, 0.15) is 10.4 Å². The molecule has 0 N–H and O–H groups in total. The molecule has 0 bridgehead atoms. The van der Waals surface area contributed by atoms with Gasteiger partial charge in [0, 0.05) is 43.5 Å². The zero-order valence-corrected chi connectivity index (χ0v) is 16.8. The second-order valence-electron chi connectivity index (χ2n) is 7.01. The quantitative estimate of drug-likeness (QED) is 0.591. The van der Waals surface area contributed by atoms with Crippen LogP contribution in [0.2, 0.25) is 0 Å². The second kappa shape index (κ2) is 9.22. The SMILES string of the molecule is C=CCOc1ccc(C(=O)N2CCN(c3ccnc(-c4ccccc4)n3)CC2)cc1. The number of amides is 1. The smallest absolute Gasteiger partial charge is 0.253 e. The van der Waals surface area contributed by atoms with E-state index in [9.17, 15) is 4.79 Å². The molecule has 0 radical (unpaired) electrons. The van der Waals surface area contributed by atoms with Crippen LogP contribution in [0.4, 0.5) is 5.82 Å². The molecule has 0 spiro atoms. The zero-order chi connectivity index (χ0) is 20.8. The number of hydrogen-bond donors (Lipinski definition) is 0. The van der Waals surface area contributed by atoms with Gasteiger partial charge in [0.05, 0.1) is 0 Å². The van der Waals surface area contributed by atoms with E-state index in [4.69, 9.17) is 9.72 Å². The molecule has 30 heavy (non-hydrogen) atoms. The summed E-state index contributed by atoms with van der Waals surface area (Å²) in [5, 5.41) is 0. The zero-order valence-electron chi connectivity index (χ0n) is 16.8. The summed E-state index contributed by atoms with van der Waals surface area (Å²) < 4.78 is 5.48. The summed E-state index contributed by atoms with van der Waals surface area (Å²) >= 11 is 0. The molecular formula is C24H24N4O2. The normalized spacial score (nSPS) is 13.7. The molecule has 4 rings (SSSR count). The molecule has 6 nitrogen and oxygen atoms in total. The average Bonchev–Trinajstić information content (AvgIpc) is 2.83. The molecule has 1 fully saturated rings. The van der Waals surface area contributed by atoms with Gasteiger partial charge >= 0.3 is 0 Å². The Balaban J connectivity index is 1.38. The monoisotopic (exact) mass is 400 g/mol. The van der Waals surface area contributed by atoms with Crippen molar-refractivity contribution in [3.63, 3.8) is 0 Å². The Labute approximate surface area is 176 Å². The summed E-state index contributed by atoms with van der Waals surface area (Å²) in [6, 6.07) is 19.1. The molecule has 3 aromatic rings. The Morgan fingerprint density at radius 2 is 1.73 bits per heavy atom. The number of piperazine rings is 1. The first-order valence-electron chi connectivity index (χ1n) is 10.0. The Bertz CT molecular complexity index is 997. The van der Waals surface area contributed by atoms with E-state index in [1.165, 1.54) is 0 Å². The minimum atomic E-state index is 0.0394. The fraction of sp³-hybridized carbons (Fsp3) is 0.208. The molecule has 0 saturated carbocycles. The maximum Gasteiger partial charge on any atom is 0.253 e. The summed E-state index contributed by atoms with van der Waals surface area (Å²) in [6.07, 6.45) is 3.48. The van der Waals surface area contributed by atoms with Crippen molar-refractivity contribution in [1.82, 2.24) is 14.9 Å². The van der Waals surface area contributed by atoms with Gasteiger partial charge < -0.3 is 14.5 Å². The van der Waals surface area contributed by atoms with E-state index in [1.807, 2.05) is 65.6 Å². The van der Waals surface area contributed by atoms with Crippen molar-refractivity contribution in [2.45, 2.75) is 0 Å². The highest BCUT2D eigenvalue weighted by molar-refractivity contribution is 5.94. The molecule has 0 aliphatic carbocycles. The fourth-order valence-electron chi connectivity index (χ4n) is 3.42. The lowest BCUT2D eigenvalue weighted by Gasteiger charge is -2.35. The summed E-state index contributed by atoms with van der Waals surface area (Å²) in [4.78, 5) is 26.0. The topological polar surface area (TPSA) is 58.6 Å². The lowest BCUT2D eigenvalue weighted by molar-refractivity contribution is 0.0746. The highest BCUT2D eigenvalue weighted by Gasteiger charge is 2.23. The van der Waals surface area contributed by atoms with Crippen LogP contribution in [0.15, 0.2) is 79.5 Å². The molecular weight excluding hydrogens is 376 g/mol. The number of carbonyl (C=O) groups excluding carboxylic acids is 1. The molecule has 152 valence electrons. The minimum Gasteiger partial charge on any atom is -0.490 e. The molecule has 1 aliphatic rings. The summed E-state index contributed by atoms with van der Waals surface area (Å²) in [7, 11) is 0. The first-order chi connectivity index (χ1) is 14.7. The van der Waals surface area contributed by atoms with Gasteiger partial charge in [-0.25, -0.2) is 9.97 Å². The highest BCUT2D eigenvalue weighted by Crippen LogP contribution is 2.20. The lowest BCUT2D eigenvalue weighted by Crippen LogP contribution is -2.49. The Kier molecular flexibility index (Phi) is 6.03. The Morgan fingerprint density at radius 1 is 1.00 bits per heavy atom. The van der Waals surface area contributed by atoms with Crippen LogP contribution in [0.25, 0.3) is 11.4 Å². The second-order valence-corrected chi connectivity index (χ2v) is 7.01. The van der Waals surface area contributed by atoms with Crippen LogP contribution < -0.4 is 9.64 Å². The lowest BCUT2D eigenvalue weighted by atomic mass is 10.1. The first-order valence-corrected chi connectivity index (χ1v) is 10.0. The van der Waals surface area contributed by atoms with Gasteiger partial charge in [0.2, 0.25) is 0 Å². The van der Waals surface area contributed by atoms with Crippen LogP contribution in [-0.4, -0.2) is 53.6 Å². The van der Waals surface area contributed by atoms with Gasteiger partial charge in [0.1, 0.15) is 18.2 Å². The number of benzene rings is 2. The molecule has 2 aromatic carbocycles. The standard InChI is InChI=1S/C24H24N4O2/c1-2-18-30-21-10-8-20(9-11-21)24(29)28-16-14-27(15-17-28)22-12-13-25-23(26-22)19-6-4-3-5-7-19/h2-13H,1,14-18H2. The minimum absolute atomic E-state index is 0.0394. The number of rotatable bonds is 6. The number of aromatic nitrogens is 2. The van der Waals surface area contributed by atoms with Gasteiger partial charge in [-0.2, -0.15) is 0 Å². The van der Waals surface area contributed by atoms with Crippen LogP contribution in [0.3, 0.4) is 0 Å². The maximum absolute atomic E-state index is 12.8. The third-order valence-electron chi connectivity index (χ3n) is 5.03. The van der Waals surface area contributed by atoms with E-state index >= 15 is 0 Å². The highest BCUT2D eigenvalue weighted by atomic mass is 16.5. The average molecular weight is 400 g/mol. The van der Waals surface area contributed by atoms with Crippen molar-refractivity contribution in [3.8, 4) is 17.1 Å². The van der Waals surface area contributed by atoms with Gasteiger partial charge in [0.25, 0.3) is 5.91 Å². The largest absolute Gasteiger partial charge is 0.490 e. The van der Waals surface area contributed by atoms with Crippen LogP contribution >= 0.6 is 0 Å². The molecule has 6 heteroatoms. The maximum atomic E-state index is 12.8. The van der Waals surface area contributed by atoms with Crippen molar-refractivity contribution in [2.24, 2.45) is 0 Å². The first kappa shape index (κ1) is 19.6. The number of carbonyl (C=O) groups is 1. The van der Waals surface area contributed by atoms with Crippen LogP contribution in [0, 0.1) is 0 Å². The van der Waals surface area contributed by atoms with Crippen molar-refractivity contribution in [2.75, 3.05) is 37.7 Å². The number of nitrogens with zero attached hydrogens (tertiary/aromatic N) is 4. The molecule has 1 aromatic heterocycles. The van der Waals surface area contributed by atoms with Gasteiger partial charge in [-0.05, 0) is 30.3 Å². The summed E-state index contributed by atoms with van der Waals surface area (Å²) in [5.74, 6) is 2.37. The van der Waals surface area contributed by atoms with E-state index in [-0.39, 0.29) is 5.91 Å². The number of ether oxygens (including phenoxy) is 1. The van der Waals surface area contributed by atoms with Gasteiger partial charge in [-0.15, -0.1) is 0 Å². The number of hydrogen-bond acceptors (Lipinski definition) is 5. The molecule has 0 atom stereocenters. The predicted molar refractivity (Wildman–Crippen MR) is 118 cm³/mol. The van der Waals surface area contributed by atoms with Crippen molar-refractivity contribution >= 4 is 11.7 Å². The molecule has 2 heterocycles. The van der Waals surface area contributed by atoms with Gasteiger partial charge in [0.15, 0.2) is 5.82 Å². The fourth-order valence-corrected chi connectivity index (χ4v) is 3.42. The summed E-state index contributed by atoms with van der Waals surface area (Å²) in [5.41, 5.74) is 1.66. The molecule has 1 aliphatic heterocycles. The Morgan fingerprint density at radius 3 is 2.43 bits per heavy atom. The van der Waals surface area contributed by atoms with E-state index in [0.29, 0.717) is 31.1 Å². The van der Waals surface area contributed by atoms with Crippen molar-refractivity contribution in [3.05, 3.63) is 85.1 Å². The van der Waals surface area contributed by atoms with E-state index in [1.54, 1.807) is 12.3 Å². The van der Waals surface area contributed by atoms with E-state index in [0.717, 1.165) is 30.2 Å². The molecule has 1 amide bonds. The van der Waals surface area contributed by atoms with Crippen molar-refractivity contribution in [1.29, 1.82) is 0 Å². The number of anilines is 1. The molecule has 1 saturated heterocycles. The van der Waals surface area contributed by atoms with Crippen LogP contribution in [0.5, 0.6) is 5.75 Å². The summed E-state index contributed by atoms with van der Waals surface area (Å²) in [6.45, 7) is 6.85. The van der Waals surface area contributed by atoms with Crippen LogP contribution in [-0.2, 0) is 0 Å². The van der Waals surface area contributed by atoms with E-state index < -0.39 is 0 Å². The van der Waals surface area contributed by atoms with Gasteiger partial charge in [-0.3, -0.25) is 4.79 Å². The molecule has 0 unspecified atom stereocenters.